The topological polar surface area (TPSA) is 74.7 Å². The number of hydrogen-bond acceptors (Lipinski definition) is 3. The summed E-state index contributed by atoms with van der Waals surface area (Å²) in [5.74, 6) is 0. The minimum absolute atomic E-state index is 0.0790. The Kier molecular flexibility index (Phi) is 5.35. The summed E-state index contributed by atoms with van der Waals surface area (Å²) in [7, 11) is -2.54. The average molecular weight is 412 g/mol. The van der Waals surface area contributed by atoms with Gasteiger partial charge in [-0.1, -0.05) is 54.9 Å². The summed E-state index contributed by atoms with van der Waals surface area (Å²) in [5, 5.41) is 9.68. The van der Waals surface area contributed by atoms with Crippen molar-refractivity contribution in [2.24, 2.45) is 5.41 Å². The number of benzene rings is 1. The Morgan fingerprint density at radius 1 is 1.21 bits per heavy atom. The lowest BCUT2D eigenvalue weighted by Gasteiger charge is -2.33. The fraction of sp³-hybridized carbons (Fsp3) is 0.294. The number of amides is 1. The molecule has 1 unspecified atom stereocenters. The number of hydrogen-bond donors (Lipinski definition) is 1. The van der Waals surface area contributed by atoms with E-state index < -0.39 is 27.8 Å². The number of carbonyl (C=O) groups is 1. The van der Waals surface area contributed by atoms with Gasteiger partial charge in [0.1, 0.15) is 4.86 Å². The minimum Gasteiger partial charge on any atom is -0.465 e. The number of nitrogens with zero attached hydrogens (tertiary/aromatic N) is 1. The van der Waals surface area contributed by atoms with Crippen molar-refractivity contribution in [2.75, 3.05) is 4.90 Å². The maximum atomic E-state index is 11.9. The van der Waals surface area contributed by atoms with Crippen molar-refractivity contribution in [3.63, 3.8) is 0 Å². The van der Waals surface area contributed by atoms with E-state index in [1.807, 2.05) is 20.8 Å². The van der Waals surface area contributed by atoms with Crippen LogP contribution in [-0.4, -0.2) is 30.5 Å². The lowest BCUT2D eigenvalue weighted by Crippen LogP contribution is -2.46. The lowest BCUT2D eigenvalue weighted by atomic mass is 9.80. The fourth-order valence-corrected chi connectivity index (χ4v) is 3.79. The first kappa shape index (κ1) is 18.5. The van der Waals surface area contributed by atoms with Crippen molar-refractivity contribution in [1.82, 2.24) is 0 Å². The molecule has 5 nitrogen and oxygen atoms in total. The van der Waals surface area contributed by atoms with Gasteiger partial charge in [-0.3, -0.25) is 4.90 Å². The number of carboxylic acid groups (broad SMARTS) is 1. The minimum atomic E-state index is -2.54. The molecule has 1 aromatic rings. The van der Waals surface area contributed by atoms with Gasteiger partial charge in [0.25, 0.3) is 0 Å². The Balaban J connectivity index is 2.61. The van der Waals surface area contributed by atoms with E-state index in [1.165, 1.54) is 0 Å². The van der Waals surface area contributed by atoms with Crippen LogP contribution >= 0.6 is 15.9 Å². The molecule has 7 heteroatoms. The molecule has 24 heavy (non-hydrogen) atoms. The van der Waals surface area contributed by atoms with Crippen LogP contribution in [0.2, 0.25) is 0 Å². The number of anilines is 1. The molecule has 0 radical (unpaired) electrons. The maximum absolute atomic E-state index is 11.9. The Morgan fingerprint density at radius 3 is 2.25 bits per heavy atom. The Morgan fingerprint density at radius 2 is 1.79 bits per heavy atom. The van der Waals surface area contributed by atoms with Crippen LogP contribution in [0.15, 0.2) is 52.5 Å². The van der Waals surface area contributed by atoms with Gasteiger partial charge in [-0.05, 0) is 35.3 Å². The lowest BCUT2D eigenvalue weighted by molar-refractivity contribution is 0.201. The van der Waals surface area contributed by atoms with Crippen molar-refractivity contribution in [2.45, 2.75) is 26.8 Å². The number of halogens is 1. The van der Waals surface area contributed by atoms with Crippen molar-refractivity contribution in [1.29, 1.82) is 0 Å². The second-order valence-corrected chi connectivity index (χ2v) is 8.21. The zero-order valence-corrected chi connectivity index (χ0v) is 15.9. The van der Waals surface area contributed by atoms with Gasteiger partial charge in [0.05, 0.1) is 6.04 Å². The molecule has 0 fully saturated rings. The monoisotopic (exact) mass is 411 g/mol. The van der Waals surface area contributed by atoms with Crippen molar-refractivity contribution < 1.29 is 18.3 Å². The summed E-state index contributed by atoms with van der Waals surface area (Å²) in [4.78, 5) is 13.0. The Labute approximate surface area is 151 Å². The molecule has 128 valence electrons. The summed E-state index contributed by atoms with van der Waals surface area (Å²) < 4.78 is 24.6. The second kappa shape index (κ2) is 6.94. The highest BCUT2D eigenvalue weighted by Crippen LogP contribution is 2.32. The van der Waals surface area contributed by atoms with Crippen LogP contribution in [0.3, 0.4) is 0 Å². The highest BCUT2D eigenvalue weighted by Gasteiger charge is 2.35. The van der Waals surface area contributed by atoms with Crippen molar-refractivity contribution in [3.05, 3.63) is 52.5 Å². The molecule has 0 bridgehead atoms. The van der Waals surface area contributed by atoms with E-state index >= 15 is 0 Å². The second-order valence-electron chi connectivity index (χ2n) is 6.39. The molecule has 0 aliphatic heterocycles. The third-order valence-corrected chi connectivity index (χ3v) is 5.02. The molecule has 0 saturated heterocycles. The summed E-state index contributed by atoms with van der Waals surface area (Å²) in [6, 6.07) is 5.79. The first-order valence-electron chi connectivity index (χ1n) is 7.26. The number of allylic oxidation sites excluding steroid dienone is 2. The van der Waals surface area contributed by atoms with Gasteiger partial charge in [0.15, 0.2) is 0 Å². The highest BCUT2D eigenvalue weighted by atomic mass is 79.9. The summed E-state index contributed by atoms with van der Waals surface area (Å²) in [6.45, 7) is 5.69. The smallest absolute Gasteiger partial charge is 0.412 e. The molecule has 1 aliphatic carbocycles. The third-order valence-electron chi connectivity index (χ3n) is 3.67. The van der Waals surface area contributed by atoms with Gasteiger partial charge in [-0.25, -0.2) is 4.79 Å². The highest BCUT2D eigenvalue weighted by molar-refractivity contribution is 9.10. The zero-order chi connectivity index (χ0) is 18.1. The molecule has 1 atom stereocenters. The van der Waals surface area contributed by atoms with Gasteiger partial charge in [0, 0.05) is 10.2 Å². The summed E-state index contributed by atoms with van der Waals surface area (Å²) >= 11 is 3.31. The van der Waals surface area contributed by atoms with E-state index in [-0.39, 0.29) is 4.86 Å². The molecule has 2 rings (SSSR count). The van der Waals surface area contributed by atoms with Crippen LogP contribution in [0.4, 0.5) is 10.5 Å². The Bertz CT molecular complexity index is 838. The van der Waals surface area contributed by atoms with E-state index in [9.17, 15) is 18.3 Å². The maximum Gasteiger partial charge on any atom is 0.412 e. The number of rotatable bonds is 2. The van der Waals surface area contributed by atoms with Gasteiger partial charge >= 0.3 is 6.09 Å². The van der Waals surface area contributed by atoms with Crippen LogP contribution in [0.1, 0.15) is 20.8 Å². The fourth-order valence-electron chi connectivity index (χ4n) is 2.59. The average Bonchev–Trinajstić information content (AvgIpc) is 2.48. The molecule has 0 heterocycles. The van der Waals surface area contributed by atoms with E-state index in [4.69, 9.17) is 0 Å². The molecular weight excluding hydrogens is 394 g/mol. The quantitative estimate of drug-likeness (QED) is 0.748. The molecular formula is C17H18BrNO4S. The van der Waals surface area contributed by atoms with Gasteiger partial charge in [-0.15, -0.1) is 0 Å². The predicted octanol–water partition coefficient (Wildman–Crippen LogP) is 3.90. The predicted molar refractivity (Wildman–Crippen MR) is 99.0 cm³/mol. The van der Waals surface area contributed by atoms with Crippen LogP contribution in [0, 0.1) is 5.41 Å². The van der Waals surface area contributed by atoms with Crippen LogP contribution < -0.4 is 4.90 Å². The van der Waals surface area contributed by atoms with Crippen molar-refractivity contribution in [3.8, 4) is 0 Å². The summed E-state index contributed by atoms with van der Waals surface area (Å²) in [5.41, 5.74) is 0.577. The molecule has 1 aromatic carbocycles. The summed E-state index contributed by atoms with van der Waals surface area (Å²) in [6.07, 6.45) is 3.79. The van der Waals surface area contributed by atoms with E-state index in [2.05, 4.69) is 15.9 Å². The van der Waals surface area contributed by atoms with E-state index in [0.29, 0.717) is 11.3 Å². The zero-order valence-electron chi connectivity index (χ0n) is 13.5. The van der Waals surface area contributed by atoms with Crippen LogP contribution in [0.5, 0.6) is 0 Å². The van der Waals surface area contributed by atoms with Crippen LogP contribution in [0.25, 0.3) is 0 Å². The first-order valence-corrected chi connectivity index (χ1v) is 9.13. The standard InChI is InChI=1S/C17H18BrNO4S/c1-17(2,3)13-5-4-6-14(15(13)24(22)23)19(16(20)21)12-9-7-11(18)8-10-12/h4-10,14H,1-3H3,(H,20,21). The molecule has 0 aromatic heterocycles. The van der Waals surface area contributed by atoms with Gasteiger partial charge in [-0.2, -0.15) is 8.42 Å². The van der Waals surface area contributed by atoms with E-state index in [1.54, 1.807) is 42.5 Å². The first-order chi connectivity index (χ1) is 11.1. The molecule has 0 spiro atoms. The Hall–Kier alpha value is -1.86. The molecule has 1 aliphatic rings. The normalized spacial score (nSPS) is 17.4. The SMILES string of the molecule is CC(C)(C)C1=CC=CC(N(C(=O)O)c2ccc(Br)cc2)C1=S(=O)=O. The molecule has 1 amide bonds. The van der Waals surface area contributed by atoms with Crippen LogP contribution in [-0.2, 0) is 10.3 Å². The van der Waals surface area contributed by atoms with Gasteiger partial charge in [0.2, 0.25) is 10.3 Å². The third kappa shape index (κ3) is 3.79. The van der Waals surface area contributed by atoms with Crippen molar-refractivity contribution >= 4 is 42.9 Å². The van der Waals surface area contributed by atoms with Gasteiger partial charge < -0.3 is 5.11 Å². The molecule has 0 saturated carbocycles. The molecule has 1 N–H and O–H groups in total. The largest absolute Gasteiger partial charge is 0.465 e. The van der Waals surface area contributed by atoms with E-state index in [0.717, 1.165) is 9.37 Å².